The molecule has 5 rings (SSSR count). The Balaban J connectivity index is 1.12. The van der Waals surface area contributed by atoms with Crippen LogP contribution in [0.5, 0.6) is 0 Å². The summed E-state index contributed by atoms with van der Waals surface area (Å²) in [5.74, 6) is -0.526. The van der Waals surface area contributed by atoms with E-state index in [1.54, 1.807) is 0 Å². The van der Waals surface area contributed by atoms with Gasteiger partial charge in [-0.15, -0.1) is 0 Å². The van der Waals surface area contributed by atoms with Crippen LogP contribution >= 0.6 is 0 Å². The van der Waals surface area contributed by atoms with Crippen molar-refractivity contribution >= 4 is 5.97 Å². The lowest BCUT2D eigenvalue weighted by molar-refractivity contribution is -0.143. The summed E-state index contributed by atoms with van der Waals surface area (Å²) < 4.78 is 6.16. The quantitative estimate of drug-likeness (QED) is 0.492. The van der Waals surface area contributed by atoms with Crippen LogP contribution in [0.1, 0.15) is 90.5 Å². The van der Waals surface area contributed by atoms with Crippen LogP contribution in [0, 0.1) is 11.3 Å². The van der Waals surface area contributed by atoms with Crippen molar-refractivity contribution in [3.05, 3.63) is 64.0 Å². The van der Waals surface area contributed by atoms with Crippen LogP contribution in [0.2, 0.25) is 0 Å². The largest absolute Gasteiger partial charge is 0.480 e. The van der Waals surface area contributed by atoms with Crippen molar-refractivity contribution in [1.29, 1.82) is 5.26 Å². The molecule has 2 heterocycles. The molecule has 3 aliphatic rings. The van der Waals surface area contributed by atoms with E-state index < -0.39 is 12.0 Å². The van der Waals surface area contributed by atoms with Gasteiger partial charge < -0.3 is 9.84 Å². The number of carboxylic acids is 1. The molecule has 1 aliphatic heterocycles. The number of benzene rings is 1. The number of hydrogen-bond acceptors (Lipinski definition) is 5. The monoisotopic (exact) mass is 473 g/mol. The number of likely N-dealkylation sites (tertiary alicyclic amines) is 1. The zero-order chi connectivity index (χ0) is 24.2. The van der Waals surface area contributed by atoms with E-state index in [0.717, 1.165) is 56.1 Å². The predicted molar refractivity (Wildman–Crippen MR) is 133 cm³/mol. The van der Waals surface area contributed by atoms with Crippen molar-refractivity contribution in [1.82, 2.24) is 9.88 Å². The fourth-order valence-corrected chi connectivity index (χ4v) is 5.78. The molecule has 1 unspecified atom stereocenters. The van der Waals surface area contributed by atoms with Crippen molar-refractivity contribution in [3.63, 3.8) is 0 Å². The Labute approximate surface area is 207 Å². The van der Waals surface area contributed by atoms with Crippen LogP contribution in [0.4, 0.5) is 0 Å². The van der Waals surface area contributed by atoms with Crippen LogP contribution < -0.4 is 0 Å². The number of fused-ring (bicyclic) bond motifs is 1. The Kier molecular flexibility index (Phi) is 7.46. The molecule has 0 bridgehead atoms. The summed E-state index contributed by atoms with van der Waals surface area (Å²) in [4.78, 5) is 19.2. The van der Waals surface area contributed by atoms with Crippen LogP contribution in [0.15, 0.2) is 30.3 Å². The van der Waals surface area contributed by atoms with Crippen LogP contribution in [0.3, 0.4) is 0 Å². The number of carboxylic acid groups (broad SMARTS) is 1. The maximum absolute atomic E-state index is 12.3. The minimum atomic E-state index is -0.847. The zero-order valence-electron chi connectivity index (χ0n) is 20.4. The maximum atomic E-state index is 12.3. The molecule has 6 heteroatoms. The molecular formula is C29H35N3O3. The standard InChI is InChI=1S/C29H35N3O3/c30-18-22-7-5-9-25(27(22)21-11-12-21)28(29(33)34)32-16-15-24(19-32)35-17-4-3-8-23-14-13-20-6-1-2-10-26(20)31-23/h5,7,9,13-14,21,24,28H,1-4,6,8,10-12,15-17,19H2,(H,33,34)/t24-,28?/m1/s1. The van der Waals surface area contributed by atoms with Crippen LogP contribution in [0.25, 0.3) is 0 Å². The molecule has 35 heavy (non-hydrogen) atoms. The van der Waals surface area contributed by atoms with Crippen molar-refractivity contribution in [3.8, 4) is 6.07 Å². The summed E-state index contributed by atoms with van der Waals surface area (Å²) in [6, 6.07) is 11.5. The molecule has 1 saturated heterocycles. The molecule has 1 saturated carbocycles. The molecule has 2 fully saturated rings. The Morgan fingerprint density at radius 3 is 2.83 bits per heavy atom. The molecule has 2 aromatic rings. The Morgan fingerprint density at radius 2 is 2.03 bits per heavy atom. The molecule has 6 nitrogen and oxygen atoms in total. The fraction of sp³-hybridized carbons (Fsp3) is 0.552. The van der Waals surface area contributed by atoms with Gasteiger partial charge in [-0.25, -0.2) is 0 Å². The highest BCUT2D eigenvalue weighted by molar-refractivity contribution is 5.77. The van der Waals surface area contributed by atoms with Crippen molar-refractivity contribution in [2.45, 2.75) is 82.3 Å². The number of carbonyl (C=O) groups is 1. The lowest BCUT2D eigenvalue weighted by Gasteiger charge is -2.27. The van der Waals surface area contributed by atoms with Crippen LogP contribution in [-0.4, -0.2) is 46.8 Å². The summed E-state index contributed by atoms with van der Waals surface area (Å²) in [5, 5.41) is 19.7. The van der Waals surface area contributed by atoms with Gasteiger partial charge in [0.1, 0.15) is 6.04 Å². The van der Waals surface area contributed by atoms with Crippen molar-refractivity contribution in [2.24, 2.45) is 0 Å². The molecule has 0 radical (unpaired) electrons. The number of aliphatic carboxylic acids is 1. The third-order valence-electron chi connectivity index (χ3n) is 7.73. The number of pyridine rings is 1. The zero-order valence-corrected chi connectivity index (χ0v) is 20.4. The lowest BCUT2D eigenvalue weighted by Crippen LogP contribution is -2.34. The van der Waals surface area contributed by atoms with E-state index in [2.05, 4.69) is 18.2 Å². The van der Waals surface area contributed by atoms with Crippen molar-refractivity contribution in [2.75, 3.05) is 19.7 Å². The number of nitrogens with zero attached hydrogens (tertiary/aromatic N) is 3. The average Bonchev–Trinajstić information content (AvgIpc) is 3.61. The number of aromatic nitrogens is 1. The van der Waals surface area contributed by atoms with E-state index in [1.807, 2.05) is 23.1 Å². The van der Waals surface area contributed by atoms with E-state index >= 15 is 0 Å². The molecule has 0 spiro atoms. The summed E-state index contributed by atoms with van der Waals surface area (Å²) in [5.41, 5.74) is 6.27. The SMILES string of the molecule is N#Cc1cccc(C(C(=O)O)N2CC[C@@H](OCCCCc3ccc4c(n3)CCCC4)C2)c1C1CC1. The molecule has 2 aliphatic carbocycles. The van der Waals surface area contributed by atoms with Gasteiger partial charge in [0.25, 0.3) is 0 Å². The molecular weight excluding hydrogens is 438 g/mol. The maximum Gasteiger partial charge on any atom is 0.325 e. The minimum absolute atomic E-state index is 0.0576. The number of rotatable bonds is 10. The van der Waals surface area contributed by atoms with E-state index in [1.165, 1.54) is 36.2 Å². The fourth-order valence-electron chi connectivity index (χ4n) is 5.78. The molecule has 1 aromatic heterocycles. The Hall–Kier alpha value is -2.75. The van der Waals surface area contributed by atoms with Crippen molar-refractivity contribution < 1.29 is 14.6 Å². The van der Waals surface area contributed by atoms with E-state index in [9.17, 15) is 15.2 Å². The minimum Gasteiger partial charge on any atom is -0.480 e. The third-order valence-corrected chi connectivity index (χ3v) is 7.73. The Bertz CT molecular complexity index is 1100. The number of ether oxygens (including phenoxy) is 1. The second-order valence-electron chi connectivity index (χ2n) is 10.3. The number of aryl methyl sites for hydroxylation is 3. The normalized spacial score (nSPS) is 20.8. The second kappa shape index (κ2) is 10.9. The first-order valence-electron chi connectivity index (χ1n) is 13.2. The second-order valence-corrected chi connectivity index (χ2v) is 10.3. The summed E-state index contributed by atoms with van der Waals surface area (Å²) in [7, 11) is 0. The van der Waals surface area contributed by atoms with Crippen LogP contribution in [-0.2, 0) is 28.8 Å². The summed E-state index contributed by atoms with van der Waals surface area (Å²) in [6.07, 6.45) is 10.8. The topological polar surface area (TPSA) is 86.5 Å². The number of hydrogen-bond donors (Lipinski definition) is 1. The van der Waals surface area contributed by atoms with Gasteiger partial charge in [0.15, 0.2) is 0 Å². The predicted octanol–water partition coefficient (Wildman–Crippen LogP) is 4.95. The van der Waals surface area contributed by atoms with Gasteiger partial charge in [-0.3, -0.25) is 14.7 Å². The first kappa shape index (κ1) is 24.0. The third kappa shape index (κ3) is 5.58. The van der Waals surface area contributed by atoms with Gasteiger partial charge in [0.05, 0.1) is 17.7 Å². The first-order chi connectivity index (χ1) is 17.1. The summed E-state index contributed by atoms with van der Waals surface area (Å²) >= 11 is 0. The van der Waals surface area contributed by atoms with Gasteiger partial charge in [-0.2, -0.15) is 5.26 Å². The summed E-state index contributed by atoms with van der Waals surface area (Å²) in [6.45, 7) is 2.00. The van der Waals surface area contributed by atoms with Gasteiger partial charge in [0, 0.05) is 31.1 Å². The lowest BCUT2D eigenvalue weighted by atomic mass is 9.92. The smallest absolute Gasteiger partial charge is 0.325 e. The molecule has 0 amide bonds. The first-order valence-corrected chi connectivity index (χ1v) is 13.2. The van der Waals surface area contributed by atoms with E-state index in [4.69, 9.17) is 9.72 Å². The molecule has 1 aromatic carbocycles. The average molecular weight is 474 g/mol. The van der Waals surface area contributed by atoms with Gasteiger partial charge in [-0.1, -0.05) is 18.2 Å². The molecule has 184 valence electrons. The Morgan fingerprint density at radius 1 is 1.17 bits per heavy atom. The van der Waals surface area contributed by atoms with E-state index in [0.29, 0.717) is 31.2 Å². The highest BCUT2D eigenvalue weighted by Gasteiger charge is 2.38. The molecule has 2 atom stereocenters. The van der Waals surface area contributed by atoms with Gasteiger partial charge >= 0.3 is 5.97 Å². The highest BCUT2D eigenvalue weighted by atomic mass is 16.5. The molecule has 1 N–H and O–H groups in total. The number of nitriles is 1. The highest BCUT2D eigenvalue weighted by Crippen LogP contribution is 2.45. The van der Waals surface area contributed by atoms with Gasteiger partial charge in [-0.05, 0) is 98.9 Å². The van der Waals surface area contributed by atoms with Gasteiger partial charge in [0.2, 0.25) is 0 Å². The number of unbranched alkanes of at least 4 members (excludes halogenated alkanes) is 1. The van der Waals surface area contributed by atoms with E-state index in [-0.39, 0.29) is 6.10 Å².